The molecule has 0 saturated heterocycles. The maximum atomic E-state index is 5.08. The van der Waals surface area contributed by atoms with Crippen molar-refractivity contribution in [3.8, 4) is 17.1 Å². The van der Waals surface area contributed by atoms with Gasteiger partial charge in [0.1, 0.15) is 0 Å². The first-order valence-electron chi connectivity index (χ1n) is 15.5. The van der Waals surface area contributed by atoms with Crippen LogP contribution >= 0.6 is 11.3 Å². The fraction of sp³-hybridized carbons (Fsp3) is 0.125. The van der Waals surface area contributed by atoms with Gasteiger partial charge in [0.15, 0.2) is 0 Å². The molecule has 4 aromatic heterocycles. The average molecular weight is 603 g/mol. The largest absolute Gasteiger partial charge is 0.308 e. The van der Waals surface area contributed by atoms with Gasteiger partial charge in [-0.25, -0.2) is 4.98 Å². The summed E-state index contributed by atoms with van der Waals surface area (Å²) in [5.74, 6) is 0. The molecule has 220 valence electrons. The predicted octanol–water partition coefficient (Wildman–Crippen LogP) is 11.2. The van der Waals surface area contributed by atoms with E-state index in [1.54, 1.807) is 12.3 Å². The topological polar surface area (TPSA) is 43.1 Å². The summed E-state index contributed by atoms with van der Waals surface area (Å²) in [6.45, 7) is 10.3. The molecular formula is C40H34N4S. The summed E-state index contributed by atoms with van der Waals surface area (Å²) in [4.78, 5) is 14.4. The van der Waals surface area contributed by atoms with Gasteiger partial charge in [-0.15, -0.1) is 11.3 Å². The summed E-state index contributed by atoms with van der Waals surface area (Å²) in [7, 11) is 0. The number of aromatic nitrogens is 3. The third-order valence-electron chi connectivity index (χ3n) is 8.32. The maximum absolute atomic E-state index is 5.08. The first-order chi connectivity index (χ1) is 22.2. The van der Waals surface area contributed by atoms with Crippen molar-refractivity contribution in [3.63, 3.8) is 0 Å². The summed E-state index contributed by atoms with van der Waals surface area (Å²) in [6.07, 6.45) is 13.7. The van der Waals surface area contributed by atoms with Gasteiger partial charge in [-0.1, -0.05) is 87.2 Å². The molecule has 0 saturated carbocycles. The predicted molar refractivity (Wildman–Crippen MR) is 196 cm³/mol. The van der Waals surface area contributed by atoms with Crippen LogP contribution in [0.1, 0.15) is 44.0 Å². The molecule has 0 radical (unpaired) electrons. The summed E-state index contributed by atoms with van der Waals surface area (Å²) in [6, 6.07) is 28.2. The Labute approximate surface area is 267 Å². The highest BCUT2D eigenvalue weighted by Crippen LogP contribution is 2.45. The summed E-state index contributed by atoms with van der Waals surface area (Å²) >= 11 is 1.86. The number of thiophene rings is 1. The number of hydrogen-bond acceptors (Lipinski definition) is 4. The van der Waals surface area contributed by atoms with Gasteiger partial charge in [0.05, 0.1) is 44.2 Å². The Bertz CT molecular complexity index is 2320. The molecular weight excluding hydrogens is 569 g/mol. The fourth-order valence-electron chi connectivity index (χ4n) is 6.29. The van der Waals surface area contributed by atoms with Crippen LogP contribution in [0.4, 0.5) is 0 Å². The van der Waals surface area contributed by atoms with Gasteiger partial charge < -0.3 is 4.57 Å². The first-order valence-corrected chi connectivity index (χ1v) is 16.3. The molecule has 7 rings (SSSR count). The number of aliphatic imine (C=N–C) groups is 1. The third kappa shape index (κ3) is 4.90. The Hall–Kier alpha value is -5.13. The molecule has 0 spiro atoms. The number of allylic oxidation sites excluding steroid dienone is 3. The standard InChI is InChI=1S/C40H34N4S/c1-5-9-14-28-26(7-3)18-21-36-38(28)31-20-19-30-29-15-10-11-17-37(29)45-40(30)39(31)44(36)27-24-34(32(8-4)41-22-6-2)43-35(25-27)33-16-12-13-23-42-33/h6,8-25H,2,5,7H2,1,3-4H3/b14-9-,32-8-,41-22?. The van der Waals surface area contributed by atoms with Crippen LogP contribution in [0.5, 0.6) is 0 Å². The van der Waals surface area contributed by atoms with Crippen LogP contribution in [-0.2, 0) is 6.42 Å². The number of rotatable bonds is 8. The van der Waals surface area contributed by atoms with Crippen molar-refractivity contribution in [2.45, 2.75) is 33.6 Å². The normalized spacial score (nSPS) is 12.6. The second-order valence-corrected chi connectivity index (χ2v) is 12.0. The number of fused-ring (bicyclic) bond motifs is 7. The lowest BCUT2D eigenvalue weighted by molar-refractivity contribution is 1.12. The molecule has 0 atom stereocenters. The smallest absolute Gasteiger partial charge is 0.0915 e. The average Bonchev–Trinajstić information content (AvgIpc) is 3.64. The molecule has 0 N–H and O–H groups in total. The molecule has 7 aromatic rings. The molecule has 3 aromatic carbocycles. The second kappa shape index (κ2) is 12.1. The third-order valence-corrected chi connectivity index (χ3v) is 9.51. The lowest BCUT2D eigenvalue weighted by Gasteiger charge is -2.14. The van der Waals surface area contributed by atoms with Crippen molar-refractivity contribution < 1.29 is 0 Å². The van der Waals surface area contributed by atoms with E-state index in [0.29, 0.717) is 0 Å². The summed E-state index contributed by atoms with van der Waals surface area (Å²) in [5.41, 5.74) is 9.22. The number of nitrogens with zero attached hydrogens (tertiary/aromatic N) is 4. The first kappa shape index (κ1) is 28.6. The Morgan fingerprint density at radius 3 is 2.56 bits per heavy atom. The minimum Gasteiger partial charge on any atom is -0.308 e. The molecule has 45 heavy (non-hydrogen) atoms. The Balaban J connectivity index is 1.67. The van der Waals surface area contributed by atoms with E-state index in [9.17, 15) is 0 Å². The highest BCUT2D eigenvalue weighted by atomic mass is 32.1. The Morgan fingerprint density at radius 2 is 1.78 bits per heavy atom. The molecule has 5 heteroatoms. The van der Waals surface area contributed by atoms with Crippen molar-refractivity contribution in [1.82, 2.24) is 14.5 Å². The molecule has 0 fully saturated rings. The van der Waals surface area contributed by atoms with Crippen LogP contribution in [0.15, 0.2) is 115 Å². The molecule has 0 bridgehead atoms. The van der Waals surface area contributed by atoms with Crippen LogP contribution < -0.4 is 0 Å². The van der Waals surface area contributed by atoms with Crippen LogP contribution in [0.2, 0.25) is 0 Å². The van der Waals surface area contributed by atoms with E-state index in [-0.39, 0.29) is 0 Å². The second-order valence-electron chi connectivity index (χ2n) is 11.0. The van der Waals surface area contributed by atoms with Crippen molar-refractivity contribution in [1.29, 1.82) is 0 Å². The molecule has 0 unspecified atom stereocenters. The van der Waals surface area contributed by atoms with E-state index in [0.717, 1.165) is 41.3 Å². The van der Waals surface area contributed by atoms with Crippen molar-refractivity contribution in [3.05, 3.63) is 127 Å². The molecule has 4 heterocycles. The van der Waals surface area contributed by atoms with Gasteiger partial charge in [-0.05, 0) is 67.3 Å². The minimum absolute atomic E-state index is 0.779. The minimum atomic E-state index is 0.779. The van der Waals surface area contributed by atoms with Gasteiger partial charge >= 0.3 is 0 Å². The molecule has 0 aliphatic carbocycles. The van der Waals surface area contributed by atoms with Gasteiger partial charge in [-0.2, -0.15) is 0 Å². The zero-order valence-corrected chi connectivity index (χ0v) is 26.6. The summed E-state index contributed by atoms with van der Waals surface area (Å²) < 4.78 is 5.01. The van der Waals surface area contributed by atoms with Gasteiger partial charge in [-0.3, -0.25) is 9.98 Å². The SMILES string of the molecule is C=CC=N/C(=C\C)c1cc(-n2c3ccc(CC)c(/C=C\CC)c3c3ccc4c5ccccc5sc4c32)cc(-c2ccccn2)n1. The molecule has 0 aliphatic heterocycles. The molecule has 4 nitrogen and oxygen atoms in total. The van der Waals surface area contributed by atoms with Crippen LogP contribution in [-0.4, -0.2) is 20.7 Å². The van der Waals surface area contributed by atoms with Gasteiger partial charge in [0, 0.05) is 38.7 Å². The Kier molecular flexibility index (Phi) is 7.70. The Morgan fingerprint density at radius 1 is 0.933 bits per heavy atom. The highest BCUT2D eigenvalue weighted by molar-refractivity contribution is 7.26. The van der Waals surface area contributed by atoms with Crippen molar-refractivity contribution in [2.24, 2.45) is 4.99 Å². The number of pyridine rings is 2. The van der Waals surface area contributed by atoms with E-state index >= 15 is 0 Å². The fourth-order valence-corrected chi connectivity index (χ4v) is 7.53. The zero-order chi connectivity index (χ0) is 30.9. The number of hydrogen-bond donors (Lipinski definition) is 0. The lowest BCUT2D eigenvalue weighted by atomic mass is 9.98. The van der Waals surface area contributed by atoms with E-state index < -0.39 is 0 Å². The molecule has 0 amide bonds. The highest BCUT2D eigenvalue weighted by Gasteiger charge is 2.22. The summed E-state index contributed by atoms with van der Waals surface area (Å²) in [5, 5.41) is 5.10. The van der Waals surface area contributed by atoms with E-state index in [4.69, 9.17) is 4.98 Å². The monoisotopic (exact) mass is 602 g/mol. The van der Waals surface area contributed by atoms with Gasteiger partial charge in [0.2, 0.25) is 0 Å². The van der Waals surface area contributed by atoms with E-state index in [1.165, 1.54) is 53.1 Å². The van der Waals surface area contributed by atoms with Gasteiger partial charge in [0.25, 0.3) is 0 Å². The molecule has 0 aliphatic rings. The lowest BCUT2D eigenvalue weighted by Crippen LogP contribution is -2.01. The van der Waals surface area contributed by atoms with Crippen LogP contribution in [0.3, 0.4) is 0 Å². The van der Waals surface area contributed by atoms with Crippen molar-refractivity contribution in [2.75, 3.05) is 0 Å². The maximum Gasteiger partial charge on any atom is 0.0915 e. The van der Waals surface area contributed by atoms with Crippen LogP contribution in [0.25, 0.3) is 70.8 Å². The number of aryl methyl sites for hydroxylation is 1. The number of benzene rings is 3. The van der Waals surface area contributed by atoms with E-state index in [1.807, 2.05) is 48.7 Å². The zero-order valence-electron chi connectivity index (χ0n) is 25.8. The van der Waals surface area contributed by atoms with Crippen molar-refractivity contribution >= 4 is 71.3 Å². The van der Waals surface area contributed by atoms with Crippen LogP contribution in [0, 0.1) is 0 Å². The van der Waals surface area contributed by atoms with E-state index in [2.05, 4.69) is 108 Å². The quantitative estimate of drug-likeness (QED) is 0.162.